The molecule has 30 heavy (non-hydrogen) atoms. The molecule has 0 spiro atoms. The van der Waals surface area contributed by atoms with Crippen LogP contribution in [0.4, 0.5) is 0 Å². The second-order valence-corrected chi connectivity index (χ2v) is 8.35. The number of nitrogens with zero attached hydrogens (tertiary/aromatic N) is 1. The van der Waals surface area contributed by atoms with E-state index in [1.807, 2.05) is 30.1 Å². The van der Waals surface area contributed by atoms with Gasteiger partial charge in [0.05, 0.1) is 33.2 Å². The van der Waals surface area contributed by atoms with Gasteiger partial charge in [0.15, 0.2) is 11.5 Å². The van der Waals surface area contributed by atoms with Crippen molar-refractivity contribution in [3.8, 4) is 11.5 Å². The molecule has 1 N–H and O–H groups in total. The Labute approximate surface area is 180 Å². The van der Waals surface area contributed by atoms with E-state index in [0.29, 0.717) is 6.54 Å². The summed E-state index contributed by atoms with van der Waals surface area (Å²) in [5, 5.41) is 0. The number of hydrogen-bond donors (Lipinski definition) is 1. The first-order valence-electron chi connectivity index (χ1n) is 10.9. The van der Waals surface area contributed by atoms with Crippen LogP contribution in [0.25, 0.3) is 0 Å². The summed E-state index contributed by atoms with van der Waals surface area (Å²) in [5.74, 6) is 1.85. The third-order valence-corrected chi connectivity index (χ3v) is 6.23. The molecule has 2 atom stereocenters. The van der Waals surface area contributed by atoms with Crippen molar-refractivity contribution in [2.24, 2.45) is 5.92 Å². The highest BCUT2D eigenvalue weighted by Gasteiger charge is 2.30. The van der Waals surface area contributed by atoms with Gasteiger partial charge in [0, 0.05) is 19.2 Å². The third-order valence-electron chi connectivity index (χ3n) is 6.23. The first-order valence-corrected chi connectivity index (χ1v) is 10.9. The first kappa shape index (κ1) is 22.2. The van der Waals surface area contributed by atoms with Crippen LogP contribution in [0, 0.1) is 12.8 Å². The van der Waals surface area contributed by atoms with Gasteiger partial charge in [-0.2, -0.15) is 0 Å². The molecule has 0 aromatic heterocycles. The van der Waals surface area contributed by atoms with Crippen molar-refractivity contribution in [2.45, 2.75) is 32.7 Å². The number of amides is 1. The zero-order chi connectivity index (χ0) is 21.5. The number of likely N-dealkylation sites (N-methyl/N-ethyl adjacent to an activating group) is 1. The Morgan fingerprint density at radius 3 is 2.63 bits per heavy atom. The van der Waals surface area contributed by atoms with Crippen LogP contribution in [0.1, 0.15) is 29.5 Å². The number of piperidine rings is 1. The molecule has 162 valence electrons. The molecule has 1 aliphatic rings. The van der Waals surface area contributed by atoms with E-state index in [0.717, 1.165) is 56.0 Å². The largest absolute Gasteiger partial charge is 0.493 e. The summed E-state index contributed by atoms with van der Waals surface area (Å²) in [6.07, 6.45) is 2.91. The summed E-state index contributed by atoms with van der Waals surface area (Å²) < 4.78 is 10.7. The van der Waals surface area contributed by atoms with Crippen LogP contribution in [0.2, 0.25) is 0 Å². The van der Waals surface area contributed by atoms with Crippen molar-refractivity contribution in [2.75, 3.05) is 40.9 Å². The molecule has 3 rings (SSSR count). The Kier molecular flexibility index (Phi) is 7.75. The predicted molar refractivity (Wildman–Crippen MR) is 119 cm³/mol. The molecule has 5 nitrogen and oxygen atoms in total. The summed E-state index contributed by atoms with van der Waals surface area (Å²) in [7, 11) is 5.21. The lowest BCUT2D eigenvalue weighted by Gasteiger charge is -2.32. The molecular weight excluding hydrogens is 376 g/mol. The van der Waals surface area contributed by atoms with E-state index in [-0.39, 0.29) is 11.8 Å². The fraction of sp³-hybridized carbons (Fsp3) is 0.480. The van der Waals surface area contributed by atoms with E-state index in [9.17, 15) is 4.79 Å². The number of likely N-dealkylation sites (tertiary alicyclic amines) is 1. The topological polar surface area (TPSA) is 43.2 Å². The summed E-state index contributed by atoms with van der Waals surface area (Å²) in [4.78, 5) is 16.5. The maximum atomic E-state index is 13.1. The molecule has 5 heteroatoms. The fourth-order valence-electron chi connectivity index (χ4n) is 4.35. The summed E-state index contributed by atoms with van der Waals surface area (Å²) in [6, 6.07) is 14.5. The number of carbonyl (C=O) groups is 1. The van der Waals surface area contributed by atoms with E-state index >= 15 is 0 Å². The van der Waals surface area contributed by atoms with Gasteiger partial charge < -0.3 is 19.3 Å². The number of ether oxygens (including phenoxy) is 2. The van der Waals surface area contributed by atoms with Crippen molar-refractivity contribution in [3.63, 3.8) is 0 Å². The molecular formula is C25H35N2O3+. The van der Waals surface area contributed by atoms with E-state index in [1.54, 1.807) is 14.2 Å². The smallest absolute Gasteiger partial charge is 0.231 e. The second kappa shape index (κ2) is 10.5. The number of quaternary nitrogens is 1. The van der Waals surface area contributed by atoms with Gasteiger partial charge in [-0.25, -0.2) is 0 Å². The number of carbonyl (C=O) groups excluding carboxylic acids is 1. The van der Waals surface area contributed by atoms with Crippen LogP contribution in [0.5, 0.6) is 11.5 Å². The predicted octanol–water partition coefficient (Wildman–Crippen LogP) is 2.51. The molecule has 2 aromatic rings. The molecule has 0 radical (unpaired) electrons. The summed E-state index contributed by atoms with van der Waals surface area (Å²) in [6.45, 7) is 5.95. The summed E-state index contributed by atoms with van der Waals surface area (Å²) in [5.41, 5.74) is 3.87. The van der Waals surface area contributed by atoms with Gasteiger partial charge in [-0.05, 0) is 49.4 Å². The number of nitrogens with one attached hydrogen (secondary N) is 1. The average molecular weight is 412 g/mol. The molecule has 2 aromatic carbocycles. The number of benzene rings is 2. The highest BCUT2D eigenvalue weighted by atomic mass is 16.5. The summed E-state index contributed by atoms with van der Waals surface area (Å²) >= 11 is 0. The molecule has 1 aliphatic heterocycles. The molecule has 1 amide bonds. The van der Waals surface area contributed by atoms with E-state index in [2.05, 4.69) is 31.2 Å². The third kappa shape index (κ3) is 5.54. The maximum absolute atomic E-state index is 13.1. The van der Waals surface area contributed by atoms with Crippen LogP contribution in [0.3, 0.4) is 0 Å². The lowest BCUT2D eigenvalue weighted by atomic mass is 9.95. The van der Waals surface area contributed by atoms with Crippen LogP contribution >= 0.6 is 0 Å². The number of aryl methyl sites for hydroxylation is 1. The van der Waals surface area contributed by atoms with Gasteiger partial charge in [-0.3, -0.25) is 4.79 Å². The highest BCUT2D eigenvalue weighted by molar-refractivity contribution is 5.78. The number of methoxy groups -OCH3 is 2. The standard InChI is InChI=1S/C25H34N2O3/c1-19-8-5-6-9-21(19)17-27-14-7-10-22(18-27)25(28)26(2)15-13-20-11-12-23(29-3)24(16-20)30-4/h5-6,8-9,11-12,16,22H,7,10,13-15,17-18H2,1-4H3/p+1/t22-/m0/s1. The Morgan fingerprint density at radius 2 is 1.90 bits per heavy atom. The second-order valence-electron chi connectivity index (χ2n) is 8.35. The van der Waals surface area contributed by atoms with Gasteiger partial charge in [0.25, 0.3) is 0 Å². The lowest BCUT2D eigenvalue weighted by Crippen LogP contribution is -3.12. The van der Waals surface area contributed by atoms with Crippen molar-refractivity contribution in [3.05, 3.63) is 59.2 Å². The zero-order valence-electron chi connectivity index (χ0n) is 18.7. The minimum atomic E-state index is 0.119. The Balaban J connectivity index is 1.54. The first-order chi connectivity index (χ1) is 14.5. The molecule has 1 saturated heterocycles. The van der Waals surface area contributed by atoms with Crippen LogP contribution in [0.15, 0.2) is 42.5 Å². The Morgan fingerprint density at radius 1 is 1.13 bits per heavy atom. The maximum Gasteiger partial charge on any atom is 0.231 e. The van der Waals surface area contributed by atoms with E-state index < -0.39 is 0 Å². The molecule has 0 aliphatic carbocycles. The van der Waals surface area contributed by atoms with Gasteiger partial charge >= 0.3 is 0 Å². The van der Waals surface area contributed by atoms with Gasteiger partial charge in [-0.15, -0.1) is 0 Å². The Bertz CT molecular complexity index is 852. The molecule has 1 fully saturated rings. The average Bonchev–Trinajstić information content (AvgIpc) is 2.78. The van der Waals surface area contributed by atoms with Crippen LogP contribution in [-0.2, 0) is 17.8 Å². The van der Waals surface area contributed by atoms with Gasteiger partial charge in [-0.1, -0.05) is 30.3 Å². The van der Waals surface area contributed by atoms with Gasteiger partial charge in [0.1, 0.15) is 6.54 Å². The molecule has 0 saturated carbocycles. The zero-order valence-corrected chi connectivity index (χ0v) is 18.7. The van der Waals surface area contributed by atoms with E-state index in [4.69, 9.17) is 9.47 Å². The van der Waals surface area contributed by atoms with Crippen LogP contribution < -0.4 is 14.4 Å². The molecule has 1 heterocycles. The Hall–Kier alpha value is -2.53. The van der Waals surface area contributed by atoms with Crippen LogP contribution in [-0.4, -0.2) is 51.7 Å². The quantitative estimate of drug-likeness (QED) is 0.726. The number of rotatable bonds is 8. The van der Waals surface area contributed by atoms with Crippen molar-refractivity contribution in [1.82, 2.24) is 4.90 Å². The van der Waals surface area contributed by atoms with Gasteiger partial charge in [0.2, 0.25) is 5.91 Å². The minimum Gasteiger partial charge on any atom is -0.493 e. The fourth-order valence-corrected chi connectivity index (χ4v) is 4.35. The van der Waals surface area contributed by atoms with Crippen molar-refractivity contribution >= 4 is 5.91 Å². The van der Waals surface area contributed by atoms with E-state index in [1.165, 1.54) is 16.0 Å². The SMILES string of the molecule is COc1ccc(CCN(C)C(=O)[C@H]2CCC[NH+](Cc3ccccc3C)C2)cc1OC. The normalized spacial score (nSPS) is 18.7. The number of hydrogen-bond acceptors (Lipinski definition) is 3. The monoisotopic (exact) mass is 411 g/mol. The lowest BCUT2D eigenvalue weighted by molar-refractivity contribution is -0.921. The minimum absolute atomic E-state index is 0.119. The molecule has 0 bridgehead atoms. The van der Waals surface area contributed by atoms with Crippen molar-refractivity contribution in [1.29, 1.82) is 0 Å². The van der Waals surface area contributed by atoms with Crippen molar-refractivity contribution < 1.29 is 19.2 Å². The highest BCUT2D eigenvalue weighted by Crippen LogP contribution is 2.27. The molecule has 1 unspecified atom stereocenters.